The molecule has 164 valence electrons. The molecule has 1 aliphatic heterocycles. The molecule has 1 unspecified atom stereocenters. The van der Waals surface area contributed by atoms with Crippen LogP contribution in [0.4, 0.5) is 0 Å². The number of esters is 1. The highest BCUT2D eigenvalue weighted by Gasteiger charge is 2.36. The van der Waals surface area contributed by atoms with Crippen molar-refractivity contribution in [2.45, 2.75) is 45.3 Å². The summed E-state index contributed by atoms with van der Waals surface area (Å²) in [5.74, 6) is -0.538. The number of ether oxygens (including phenoxy) is 1. The molecule has 0 aliphatic carbocycles. The highest BCUT2D eigenvalue weighted by molar-refractivity contribution is 5.85. The van der Waals surface area contributed by atoms with E-state index >= 15 is 0 Å². The van der Waals surface area contributed by atoms with Crippen molar-refractivity contribution in [2.24, 2.45) is 13.0 Å². The summed E-state index contributed by atoms with van der Waals surface area (Å²) in [6, 6.07) is 7.45. The van der Waals surface area contributed by atoms with Gasteiger partial charge in [-0.1, -0.05) is 29.8 Å². The minimum absolute atomic E-state index is 0. The molecule has 1 aliphatic rings. The number of hydrogen-bond donors (Lipinski definition) is 2. The van der Waals surface area contributed by atoms with Gasteiger partial charge < -0.3 is 15.4 Å². The lowest BCUT2D eigenvalue weighted by Gasteiger charge is -2.23. The molecule has 0 radical (unpaired) electrons. The number of nitrogens with one attached hydrogen (secondary N) is 2. The topological polar surface area (TPSA) is 85.2 Å². The predicted octanol–water partition coefficient (Wildman–Crippen LogP) is 2.65. The van der Waals surface area contributed by atoms with E-state index in [1.54, 1.807) is 4.68 Å². The van der Waals surface area contributed by atoms with Crippen LogP contribution in [0, 0.1) is 12.8 Å². The zero-order valence-electron chi connectivity index (χ0n) is 17.9. The van der Waals surface area contributed by atoms with Crippen LogP contribution in [-0.4, -0.2) is 40.9 Å². The molecule has 1 aromatic carbocycles. The van der Waals surface area contributed by atoms with Gasteiger partial charge in [-0.15, -0.1) is 12.4 Å². The summed E-state index contributed by atoms with van der Waals surface area (Å²) < 4.78 is 7.06. The first-order chi connectivity index (χ1) is 13.8. The Kier molecular flexibility index (Phi) is 8.43. The SMILES string of the molecule is Cc1ccc(C(CC(=O)OC(C)C)NC(=O)[C@H]2CNC[C@@H]2c2cnn(C)c2)cc1.Cl. The van der Waals surface area contributed by atoms with E-state index in [2.05, 4.69) is 15.7 Å². The van der Waals surface area contributed by atoms with Gasteiger partial charge in [0.05, 0.1) is 30.7 Å². The molecule has 2 aromatic rings. The Morgan fingerprint density at radius 1 is 1.27 bits per heavy atom. The third-order valence-corrected chi connectivity index (χ3v) is 5.24. The Bertz CT molecular complexity index is 850. The number of nitrogens with zero attached hydrogens (tertiary/aromatic N) is 2. The quantitative estimate of drug-likeness (QED) is 0.654. The molecule has 0 bridgehead atoms. The zero-order chi connectivity index (χ0) is 21.0. The first-order valence-corrected chi connectivity index (χ1v) is 10.1. The van der Waals surface area contributed by atoms with E-state index in [4.69, 9.17) is 4.74 Å². The third-order valence-electron chi connectivity index (χ3n) is 5.24. The third kappa shape index (κ3) is 6.06. The van der Waals surface area contributed by atoms with Crippen molar-refractivity contribution in [2.75, 3.05) is 13.1 Å². The lowest BCUT2D eigenvalue weighted by molar-refractivity contribution is -0.148. The lowest BCUT2D eigenvalue weighted by atomic mass is 9.89. The zero-order valence-corrected chi connectivity index (χ0v) is 18.7. The summed E-state index contributed by atoms with van der Waals surface area (Å²) in [5.41, 5.74) is 3.07. The van der Waals surface area contributed by atoms with Gasteiger partial charge in [-0.25, -0.2) is 0 Å². The van der Waals surface area contributed by atoms with E-state index in [1.165, 1.54) is 0 Å². The molecule has 1 amide bonds. The molecule has 30 heavy (non-hydrogen) atoms. The molecule has 0 saturated carbocycles. The maximum Gasteiger partial charge on any atom is 0.308 e. The second-order valence-corrected chi connectivity index (χ2v) is 8.03. The molecule has 2 N–H and O–H groups in total. The van der Waals surface area contributed by atoms with Crippen LogP contribution in [0.2, 0.25) is 0 Å². The van der Waals surface area contributed by atoms with Gasteiger partial charge in [-0.3, -0.25) is 14.3 Å². The molecule has 1 aromatic heterocycles. The van der Waals surface area contributed by atoms with Gasteiger partial charge in [0.25, 0.3) is 0 Å². The van der Waals surface area contributed by atoms with Crippen LogP contribution in [0.3, 0.4) is 0 Å². The smallest absolute Gasteiger partial charge is 0.308 e. The highest BCUT2D eigenvalue weighted by Crippen LogP contribution is 2.29. The highest BCUT2D eigenvalue weighted by atomic mass is 35.5. The van der Waals surface area contributed by atoms with Crippen LogP contribution in [0.5, 0.6) is 0 Å². The minimum atomic E-state index is -0.426. The number of carbonyl (C=O) groups excluding carboxylic acids is 2. The van der Waals surface area contributed by atoms with Crippen LogP contribution >= 0.6 is 12.4 Å². The Hall–Kier alpha value is -2.38. The average molecular weight is 435 g/mol. The molecular weight excluding hydrogens is 404 g/mol. The van der Waals surface area contributed by atoms with Crippen molar-refractivity contribution < 1.29 is 14.3 Å². The molecule has 8 heteroatoms. The molecule has 1 saturated heterocycles. The fraction of sp³-hybridized carbons (Fsp3) is 0.500. The van der Waals surface area contributed by atoms with E-state index < -0.39 is 6.04 Å². The number of halogens is 1. The number of amides is 1. The van der Waals surface area contributed by atoms with Crippen LogP contribution in [-0.2, 0) is 21.4 Å². The van der Waals surface area contributed by atoms with Gasteiger partial charge in [-0.05, 0) is 31.9 Å². The number of hydrogen-bond acceptors (Lipinski definition) is 5. The first kappa shape index (κ1) is 23.9. The first-order valence-electron chi connectivity index (χ1n) is 10.1. The summed E-state index contributed by atoms with van der Waals surface area (Å²) in [6.45, 7) is 6.98. The fourth-order valence-electron chi connectivity index (χ4n) is 3.74. The van der Waals surface area contributed by atoms with Crippen LogP contribution in [0.25, 0.3) is 0 Å². The Labute approximate surface area is 184 Å². The summed E-state index contributed by atoms with van der Waals surface area (Å²) in [6.07, 6.45) is 3.68. The van der Waals surface area contributed by atoms with Crippen molar-refractivity contribution in [3.63, 3.8) is 0 Å². The molecule has 1 fully saturated rings. The second kappa shape index (κ2) is 10.6. The van der Waals surface area contributed by atoms with Crippen molar-refractivity contribution in [1.82, 2.24) is 20.4 Å². The van der Waals surface area contributed by atoms with E-state index in [0.29, 0.717) is 6.54 Å². The molecule has 7 nitrogen and oxygen atoms in total. The summed E-state index contributed by atoms with van der Waals surface area (Å²) in [5, 5.41) is 10.6. The van der Waals surface area contributed by atoms with Crippen molar-refractivity contribution in [3.8, 4) is 0 Å². The second-order valence-electron chi connectivity index (χ2n) is 8.03. The Morgan fingerprint density at radius 2 is 1.97 bits per heavy atom. The number of carbonyl (C=O) groups is 2. The van der Waals surface area contributed by atoms with E-state index in [1.807, 2.05) is 64.5 Å². The number of benzene rings is 1. The Balaban J connectivity index is 0.00000320. The molecule has 3 atom stereocenters. The predicted molar refractivity (Wildman–Crippen MR) is 117 cm³/mol. The van der Waals surface area contributed by atoms with Crippen molar-refractivity contribution in [1.29, 1.82) is 0 Å². The summed E-state index contributed by atoms with van der Waals surface area (Å²) in [4.78, 5) is 25.5. The number of rotatable bonds is 7. The van der Waals surface area contributed by atoms with Crippen molar-refractivity contribution >= 4 is 24.3 Å². The molecule has 0 spiro atoms. The Morgan fingerprint density at radius 3 is 2.57 bits per heavy atom. The monoisotopic (exact) mass is 434 g/mol. The minimum Gasteiger partial charge on any atom is -0.463 e. The van der Waals surface area contributed by atoms with E-state index in [9.17, 15) is 9.59 Å². The van der Waals surface area contributed by atoms with Gasteiger partial charge in [-0.2, -0.15) is 5.10 Å². The van der Waals surface area contributed by atoms with Crippen LogP contribution in [0.15, 0.2) is 36.7 Å². The van der Waals surface area contributed by atoms with Gasteiger partial charge in [0.15, 0.2) is 0 Å². The fourth-order valence-corrected chi connectivity index (χ4v) is 3.74. The summed E-state index contributed by atoms with van der Waals surface area (Å²) in [7, 11) is 1.87. The number of aryl methyl sites for hydroxylation is 2. The van der Waals surface area contributed by atoms with Gasteiger partial charge in [0, 0.05) is 32.3 Å². The number of aromatic nitrogens is 2. The molecule has 2 heterocycles. The summed E-state index contributed by atoms with van der Waals surface area (Å²) >= 11 is 0. The average Bonchev–Trinajstić information content (AvgIpc) is 3.29. The van der Waals surface area contributed by atoms with E-state index in [-0.39, 0.29) is 48.6 Å². The molecule has 3 rings (SSSR count). The largest absolute Gasteiger partial charge is 0.463 e. The lowest BCUT2D eigenvalue weighted by Crippen LogP contribution is -2.38. The van der Waals surface area contributed by atoms with Gasteiger partial charge in [0.2, 0.25) is 5.91 Å². The van der Waals surface area contributed by atoms with Gasteiger partial charge >= 0.3 is 5.97 Å². The van der Waals surface area contributed by atoms with Crippen molar-refractivity contribution in [3.05, 3.63) is 53.3 Å². The molecular formula is C22H31ClN4O3. The van der Waals surface area contributed by atoms with E-state index in [0.717, 1.165) is 23.2 Å². The van der Waals surface area contributed by atoms with Gasteiger partial charge in [0.1, 0.15) is 0 Å². The normalized spacial score (nSPS) is 19.2. The van der Waals surface area contributed by atoms with Crippen LogP contribution < -0.4 is 10.6 Å². The maximum atomic E-state index is 13.2. The standard InChI is InChI=1S/C22H30N4O3.ClH/c1-14(2)29-21(27)9-20(16-7-5-15(3)6-8-16)25-22(28)19-12-23-11-18(19)17-10-24-26(4)13-17;/h5-8,10,13-14,18-20,23H,9,11-12H2,1-4H3,(H,25,28);1H/t18-,19+,20?;/m1./s1. The van der Waals surface area contributed by atoms with Crippen LogP contribution in [0.1, 0.15) is 48.9 Å². The maximum absolute atomic E-state index is 13.2.